The highest BCUT2D eigenvalue weighted by molar-refractivity contribution is 8.01. The minimum atomic E-state index is -2.33. The number of fused-ring (bicyclic) bond motifs is 6. The SMILES string of the molecule is c1ccc([P+](c2ccccc2)(c2ccccc2)c2ccccc2-c2nc3c4ccccc4c4ccccc4c3[n-]2)cc1. The molecule has 0 unspecified atom stereocenters. The van der Waals surface area contributed by atoms with Crippen molar-refractivity contribution in [3.63, 3.8) is 0 Å². The monoisotopic (exact) mass is 554 g/mol. The second kappa shape index (κ2) is 10.1. The summed E-state index contributed by atoms with van der Waals surface area (Å²) in [5.41, 5.74) is 2.99. The Hall–Kier alpha value is -5.04. The summed E-state index contributed by atoms with van der Waals surface area (Å²) >= 11 is 0. The molecule has 8 aromatic rings. The molecule has 0 atom stereocenters. The van der Waals surface area contributed by atoms with Crippen molar-refractivity contribution in [3.8, 4) is 11.4 Å². The molecule has 2 nitrogen and oxygen atoms in total. The van der Waals surface area contributed by atoms with Crippen LogP contribution >= 0.6 is 7.26 Å². The molecule has 0 bridgehead atoms. The number of imidazole rings is 1. The van der Waals surface area contributed by atoms with Crippen molar-refractivity contribution < 1.29 is 0 Å². The number of nitrogens with zero attached hydrogens (tertiary/aromatic N) is 2. The largest absolute Gasteiger partial charge is 0.435 e. The lowest BCUT2D eigenvalue weighted by molar-refractivity contribution is 1.32. The van der Waals surface area contributed by atoms with Gasteiger partial charge in [-0.15, -0.1) is 0 Å². The van der Waals surface area contributed by atoms with Crippen molar-refractivity contribution >= 4 is 61.1 Å². The molecular formula is C39H27N2P. The topological polar surface area (TPSA) is 27.0 Å². The third-order valence-electron chi connectivity index (χ3n) is 8.25. The van der Waals surface area contributed by atoms with Gasteiger partial charge in [0, 0.05) is 5.56 Å². The van der Waals surface area contributed by atoms with E-state index in [0.717, 1.165) is 33.2 Å². The summed E-state index contributed by atoms with van der Waals surface area (Å²) in [5.74, 6) is 0.772. The maximum Gasteiger partial charge on any atom is 0.144 e. The lowest BCUT2D eigenvalue weighted by atomic mass is 10.0. The molecule has 0 spiro atoms. The normalized spacial score (nSPS) is 11.8. The van der Waals surface area contributed by atoms with E-state index in [9.17, 15) is 0 Å². The van der Waals surface area contributed by atoms with Gasteiger partial charge in [0.15, 0.2) is 0 Å². The molecule has 198 valence electrons. The second-order valence-electron chi connectivity index (χ2n) is 10.5. The first-order chi connectivity index (χ1) is 20.9. The molecule has 1 heterocycles. The van der Waals surface area contributed by atoms with Crippen LogP contribution in [0.15, 0.2) is 164 Å². The fourth-order valence-corrected chi connectivity index (χ4v) is 10.9. The molecule has 0 radical (unpaired) electrons. The van der Waals surface area contributed by atoms with Crippen molar-refractivity contribution in [1.82, 2.24) is 9.97 Å². The Labute approximate surface area is 245 Å². The quantitative estimate of drug-likeness (QED) is 0.160. The van der Waals surface area contributed by atoms with Crippen LogP contribution in [0.2, 0.25) is 0 Å². The molecule has 3 heteroatoms. The van der Waals surface area contributed by atoms with Crippen LogP contribution in [0, 0.1) is 0 Å². The Morgan fingerprint density at radius 2 is 0.833 bits per heavy atom. The Morgan fingerprint density at radius 1 is 0.405 bits per heavy atom. The third-order valence-corrected chi connectivity index (χ3v) is 12.6. The van der Waals surface area contributed by atoms with Crippen LogP contribution in [0.1, 0.15) is 0 Å². The third kappa shape index (κ3) is 3.73. The van der Waals surface area contributed by atoms with Crippen LogP contribution in [0.25, 0.3) is 44.0 Å². The van der Waals surface area contributed by atoms with Gasteiger partial charge in [-0.3, -0.25) is 0 Å². The molecule has 8 rings (SSSR count). The first kappa shape index (κ1) is 24.7. The van der Waals surface area contributed by atoms with Gasteiger partial charge in [0.05, 0.1) is 0 Å². The van der Waals surface area contributed by atoms with Gasteiger partial charge in [0.2, 0.25) is 0 Å². The van der Waals surface area contributed by atoms with Crippen molar-refractivity contribution in [2.75, 3.05) is 0 Å². The summed E-state index contributed by atoms with van der Waals surface area (Å²) in [6, 6.07) is 58.9. The Kier molecular flexibility index (Phi) is 5.95. The van der Waals surface area contributed by atoms with Gasteiger partial charge >= 0.3 is 0 Å². The summed E-state index contributed by atoms with van der Waals surface area (Å²) in [7, 11) is -2.33. The van der Waals surface area contributed by atoms with Crippen molar-refractivity contribution in [2.24, 2.45) is 0 Å². The van der Waals surface area contributed by atoms with Gasteiger partial charge in [0.25, 0.3) is 0 Å². The average molecular weight is 555 g/mol. The fourth-order valence-electron chi connectivity index (χ4n) is 6.46. The fraction of sp³-hybridized carbons (Fsp3) is 0. The molecule has 7 aromatic carbocycles. The molecule has 0 N–H and O–H groups in total. The van der Waals surface area contributed by atoms with E-state index in [1.54, 1.807) is 0 Å². The first-order valence-electron chi connectivity index (χ1n) is 14.3. The van der Waals surface area contributed by atoms with Gasteiger partial charge in [-0.05, 0) is 80.9 Å². The average Bonchev–Trinajstić information content (AvgIpc) is 3.53. The van der Waals surface area contributed by atoms with E-state index in [1.165, 1.54) is 32.0 Å². The minimum absolute atomic E-state index is 0.772. The number of aromatic nitrogens is 2. The van der Waals surface area contributed by atoms with Crippen LogP contribution in [-0.2, 0) is 0 Å². The number of hydrogen-bond donors (Lipinski definition) is 0. The number of benzene rings is 7. The van der Waals surface area contributed by atoms with Crippen molar-refractivity contribution in [1.29, 1.82) is 0 Å². The van der Waals surface area contributed by atoms with Gasteiger partial charge in [-0.25, -0.2) is 0 Å². The lowest BCUT2D eigenvalue weighted by Crippen LogP contribution is -2.39. The molecule has 0 aliphatic carbocycles. The Morgan fingerprint density at radius 3 is 1.40 bits per heavy atom. The molecule has 0 saturated carbocycles. The molecule has 0 amide bonds. The van der Waals surface area contributed by atoms with Crippen LogP contribution < -0.4 is 26.2 Å². The highest BCUT2D eigenvalue weighted by atomic mass is 31.2. The van der Waals surface area contributed by atoms with E-state index < -0.39 is 7.26 Å². The summed E-state index contributed by atoms with van der Waals surface area (Å²) in [6.45, 7) is 0. The predicted octanol–water partition coefficient (Wildman–Crippen LogP) is 7.78. The summed E-state index contributed by atoms with van der Waals surface area (Å²) in [4.78, 5) is 10.6. The summed E-state index contributed by atoms with van der Waals surface area (Å²) in [6.07, 6.45) is 0. The zero-order valence-electron chi connectivity index (χ0n) is 22.9. The van der Waals surface area contributed by atoms with E-state index in [-0.39, 0.29) is 0 Å². The predicted molar refractivity (Wildman–Crippen MR) is 180 cm³/mol. The number of hydrogen-bond acceptors (Lipinski definition) is 1. The van der Waals surface area contributed by atoms with E-state index >= 15 is 0 Å². The van der Waals surface area contributed by atoms with Crippen molar-refractivity contribution in [2.45, 2.75) is 0 Å². The Bertz CT molecular complexity index is 2020. The molecule has 0 aliphatic rings. The van der Waals surface area contributed by atoms with Gasteiger partial charge in [0.1, 0.15) is 28.5 Å². The number of rotatable bonds is 5. The van der Waals surface area contributed by atoms with Crippen LogP contribution in [0.4, 0.5) is 0 Å². The standard InChI is InChI=1S/C39H27N2P/c1-4-16-28(17-5-1)42(29-18-6-2-7-19-29,30-20-8-3-9-21-30)36-27-15-14-26-35(36)39-40-37-33-24-12-10-22-31(33)32-23-11-13-25-34(32)38(37)41-39/h1-27H. The molecule has 0 saturated heterocycles. The smallest absolute Gasteiger partial charge is 0.144 e. The zero-order valence-corrected chi connectivity index (χ0v) is 23.8. The molecule has 42 heavy (non-hydrogen) atoms. The lowest BCUT2D eigenvalue weighted by Gasteiger charge is -2.29. The van der Waals surface area contributed by atoms with Crippen LogP contribution in [-0.4, -0.2) is 4.98 Å². The molecule has 1 aromatic heterocycles. The van der Waals surface area contributed by atoms with E-state index in [0.29, 0.717) is 0 Å². The van der Waals surface area contributed by atoms with E-state index in [4.69, 9.17) is 9.97 Å². The summed E-state index contributed by atoms with van der Waals surface area (Å²) < 4.78 is 0. The molecule has 0 fully saturated rings. The minimum Gasteiger partial charge on any atom is -0.435 e. The Balaban J connectivity index is 1.49. The zero-order chi connectivity index (χ0) is 27.9. The highest BCUT2D eigenvalue weighted by Crippen LogP contribution is 2.55. The van der Waals surface area contributed by atoms with Gasteiger partial charge < -0.3 is 9.97 Å². The van der Waals surface area contributed by atoms with Crippen molar-refractivity contribution in [3.05, 3.63) is 164 Å². The van der Waals surface area contributed by atoms with Crippen LogP contribution in [0.5, 0.6) is 0 Å². The second-order valence-corrected chi connectivity index (χ2v) is 13.9. The highest BCUT2D eigenvalue weighted by Gasteiger charge is 2.49. The summed E-state index contributed by atoms with van der Waals surface area (Å²) in [5, 5.41) is 9.87. The van der Waals surface area contributed by atoms with E-state index in [2.05, 4.69) is 164 Å². The molecule has 0 aliphatic heterocycles. The van der Waals surface area contributed by atoms with Crippen LogP contribution in [0.3, 0.4) is 0 Å². The van der Waals surface area contributed by atoms with E-state index in [1.807, 2.05) is 0 Å². The molecular weight excluding hydrogens is 527 g/mol. The first-order valence-corrected chi connectivity index (χ1v) is 16.0. The van der Waals surface area contributed by atoms with Gasteiger partial charge in [-0.1, -0.05) is 121 Å². The maximum absolute atomic E-state index is 5.32. The maximum atomic E-state index is 5.32. The van der Waals surface area contributed by atoms with Gasteiger partial charge in [-0.2, -0.15) is 0 Å².